The van der Waals surface area contributed by atoms with E-state index in [1.807, 2.05) is 37.4 Å². The molecular weight excluding hydrogens is 250 g/mol. The second-order valence-corrected chi connectivity index (χ2v) is 5.04. The third-order valence-corrected chi connectivity index (χ3v) is 3.45. The molecule has 1 unspecified atom stereocenters. The van der Waals surface area contributed by atoms with Crippen molar-refractivity contribution < 1.29 is 9.47 Å². The highest BCUT2D eigenvalue weighted by Gasteiger charge is 2.22. The van der Waals surface area contributed by atoms with E-state index in [-0.39, 0.29) is 6.10 Å². The fourth-order valence-electron chi connectivity index (χ4n) is 2.44. The molecule has 20 heavy (non-hydrogen) atoms. The first kappa shape index (κ1) is 13.0. The standard InChI is InChI=1S/C17H19NO2/c1-18-11-13-6-8-15(9-7-13)19-12-16-10-14-4-2-3-5-17(14)20-16/h2-9,16,18H,10-12H2,1H3. The van der Waals surface area contributed by atoms with Crippen LogP contribution < -0.4 is 14.8 Å². The van der Waals surface area contributed by atoms with Crippen molar-refractivity contribution in [3.05, 3.63) is 59.7 Å². The average Bonchev–Trinajstić information content (AvgIpc) is 2.90. The highest BCUT2D eigenvalue weighted by molar-refractivity contribution is 5.37. The van der Waals surface area contributed by atoms with Gasteiger partial charge in [-0.3, -0.25) is 0 Å². The Labute approximate surface area is 119 Å². The van der Waals surface area contributed by atoms with Crippen molar-refractivity contribution in [1.29, 1.82) is 0 Å². The Bertz CT molecular complexity index is 540. The maximum absolute atomic E-state index is 5.86. The van der Waals surface area contributed by atoms with Gasteiger partial charge in [-0.15, -0.1) is 0 Å². The monoisotopic (exact) mass is 269 g/mol. The van der Waals surface area contributed by atoms with Gasteiger partial charge in [-0.05, 0) is 36.4 Å². The summed E-state index contributed by atoms with van der Waals surface area (Å²) in [4.78, 5) is 0. The third-order valence-electron chi connectivity index (χ3n) is 3.45. The molecular formula is C17H19NO2. The molecule has 0 amide bonds. The molecule has 2 aromatic rings. The van der Waals surface area contributed by atoms with Crippen LogP contribution in [0.25, 0.3) is 0 Å². The van der Waals surface area contributed by atoms with Gasteiger partial charge in [0.2, 0.25) is 0 Å². The van der Waals surface area contributed by atoms with Gasteiger partial charge in [-0.25, -0.2) is 0 Å². The van der Waals surface area contributed by atoms with Crippen molar-refractivity contribution in [3.8, 4) is 11.5 Å². The van der Waals surface area contributed by atoms with Crippen LogP contribution in [0.15, 0.2) is 48.5 Å². The van der Waals surface area contributed by atoms with Crippen molar-refractivity contribution in [3.63, 3.8) is 0 Å². The number of hydrogen-bond donors (Lipinski definition) is 1. The second-order valence-electron chi connectivity index (χ2n) is 5.04. The fraction of sp³-hybridized carbons (Fsp3) is 0.294. The molecule has 0 saturated carbocycles. The van der Waals surface area contributed by atoms with Crippen LogP contribution in [0.4, 0.5) is 0 Å². The molecule has 0 radical (unpaired) electrons. The van der Waals surface area contributed by atoms with Gasteiger partial charge < -0.3 is 14.8 Å². The Morgan fingerprint density at radius 2 is 1.95 bits per heavy atom. The molecule has 0 saturated heterocycles. The van der Waals surface area contributed by atoms with E-state index in [4.69, 9.17) is 9.47 Å². The van der Waals surface area contributed by atoms with Crippen LogP contribution in [0.5, 0.6) is 11.5 Å². The second kappa shape index (κ2) is 5.97. The zero-order chi connectivity index (χ0) is 13.8. The van der Waals surface area contributed by atoms with Gasteiger partial charge in [0.15, 0.2) is 0 Å². The summed E-state index contributed by atoms with van der Waals surface area (Å²) in [5.41, 5.74) is 2.52. The van der Waals surface area contributed by atoms with E-state index in [0.29, 0.717) is 6.61 Å². The molecule has 2 aromatic carbocycles. The van der Waals surface area contributed by atoms with Crippen molar-refractivity contribution in [2.75, 3.05) is 13.7 Å². The average molecular weight is 269 g/mol. The van der Waals surface area contributed by atoms with E-state index >= 15 is 0 Å². The lowest BCUT2D eigenvalue weighted by molar-refractivity contribution is 0.148. The Hall–Kier alpha value is -2.00. The quantitative estimate of drug-likeness (QED) is 0.905. The van der Waals surface area contributed by atoms with E-state index in [1.165, 1.54) is 11.1 Å². The molecule has 0 aromatic heterocycles. The van der Waals surface area contributed by atoms with Crippen molar-refractivity contribution >= 4 is 0 Å². The number of nitrogens with one attached hydrogen (secondary N) is 1. The predicted octanol–water partition coefficient (Wildman–Crippen LogP) is 2.79. The van der Waals surface area contributed by atoms with E-state index in [9.17, 15) is 0 Å². The summed E-state index contributed by atoms with van der Waals surface area (Å²) in [5.74, 6) is 1.88. The zero-order valence-electron chi connectivity index (χ0n) is 11.6. The smallest absolute Gasteiger partial charge is 0.137 e. The molecule has 1 aliphatic rings. The van der Waals surface area contributed by atoms with Crippen molar-refractivity contribution in [2.45, 2.75) is 19.1 Å². The lowest BCUT2D eigenvalue weighted by Gasteiger charge is -2.12. The maximum Gasteiger partial charge on any atom is 0.137 e. The minimum Gasteiger partial charge on any atom is -0.490 e. The maximum atomic E-state index is 5.86. The topological polar surface area (TPSA) is 30.5 Å². The number of ether oxygens (including phenoxy) is 2. The Morgan fingerprint density at radius 3 is 2.70 bits per heavy atom. The minimum atomic E-state index is 0.115. The third kappa shape index (κ3) is 2.94. The SMILES string of the molecule is CNCc1ccc(OCC2Cc3ccccc3O2)cc1. The van der Waals surface area contributed by atoms with Gasteiger partial charge in [0.1, 0.15) is 24.2 Å². The number of fused-ring (bicyclic) bond motifs is 1. The van der Waals surface area contributed by atoms with E-state index in [2.05, 4.69) is 23.5 Å². The Kier molecular flexibility index (Phi) is 3.88. The van der Waals surface area contributed by atoms with Gasteiger partial charge in [0, 0.05) is 13.0 Å². The van der Waals surface area contributed by atoms with E-state index in [0.717, 1.165) is 24.5 Å². The van der Waals surface area contributed by atoms with Crippen LogP contribution in [0, 0.1) is 0 Å². The van der Waals surface area contributed by atoms with Crippen LogP contribution in [0.3, 0.4) is 0 Å². The molecule has 0 aliphatic carbocycles. The fourth-order valence-corrected chi connectivity index (χ4v) is 2.44. The number of rotatable bonds is 5. The molecule has 3 nitrogen and oxygen atoms in total. The molecule has 0 spiro atoms. The summed E-state index contributed by atoms with van der Waals surface area (Å²) in [5, 5.41) is 3.13. The van der Waals surface area contributed by atoms with Crippen LogP contribution in [0.1, 0.15) is 11.1 Å². The van der Waals surface area contributed by atoms with Crippen LogP contribution in [0.2, 0.25) is 0 Å². The van der Waals surface area contributed by atoms with E-state index in [1.54, 1.807) is 0 Å². The molecule has 3 heteroatoms. The molecule has 1 aliphatic heterocycles. The van der Waals surface area contributed by atoms with Crippen molar-refractivity contribution in [1.82, 2.24) is 5.32 Å². The molecule has 0 fully saturated rings. The lowest BCUT2D eigenvalue weighted by Crippen LogP contribution is -2.22. The molecule has 1 heterocycles. The van der Waals surface area contributed by atoms with Gasteiger partial charge >= 0.3 is 0 Å². The number of benzene rings is 2. The normalized spacial score (nSPS) is 16.6. The minimum absolute atomic E-state index is 0.115. The Morgan fingerprint density at radius 1 is 1.15 bits per heavy atom. The zero-order valence-corrected chi connectivity index (χ0v) is 11.6. The van der Waals surface area contributed by atoms with Crippen LogP contribution in [-0.2, 0) is 13.0 Å². The number of hydrogen-bond acceptors (Lipinski definition) is 3. The van der Waals surface area contributed by atoms with Gasteiger partial charge in [0.05, 0.1) is 0 Å². The highest BCUT2D eigenvalue weighted by Crippen LogP contribution is 2.28. The lowest BCUT2D eigenvalue weighted by atomic mass is 10.1. The van der Waals surface area contributed by atoms with E-state index < -0.39 is 0 Å². The molecule has 0 bridgehead atoms. The summed E-state index contributed by atoms with van der Waals surface area (Å²) in [6.45, 7) is 1.46. The molecule has 1 N–H and O–H groups in total. The number of para-hydroxylation sites is 1. The van der Waals surface area contributed by atoms with Crippen LogP contribution >= 0.6 is 0 Å². The first-order valence-electron chi connectivity index (χ1n) is 6.96. The molecule has 3 rings (SSSR count). The predicted molar refractivity (Wildman–Crippen MR) is 79.3 cm³/mol. The van der Waals surface area contributed by atoms with Gasteiger partial charge in [-0.2, -0.15) is 0 Å². The van der Waals surface area contributed by atoms with Gasteiger partial charge in [-0.1, -0.05) is 30.3 Å². The summed E-state index contributed by atoms with van der Waals surface area (Å²) >= 11 is 0. The highest BCUT2D eigenvalue weighted by atomic mass is 16.5. The Balaban J connectivity index is 1.53. The largest absolute Gasteiger partial charge is 0.490 e. The summed E-state index contributed by atoms with van der Waals surface area (Å²) in [6, 6.07) is 16.4. The first-order chi connectivity index (χ1) is 9.85. The summed E-state index contributed by atoms with van der Waals surface area (Å²) < 4.78 is 11.7. The van der Waals surface area contributed by atoms with Crippen molar-refractivity contribution in [2.24, 2.45) is 0 Å². The first-order valence-corrected chi connectivity index (χ1v) is 6.96. The summed E-state index contributed by atoms with van der Waals surface area (Å²) in [6.07, 6.45) is 1.04. The summed E-state index contributed by atoms with van der Waals surface area (Å²) in [7, 11) is 1.94. The van der Waals surface area contributed by atoms with Gasteiger partial charge in [0.25, 0.3) is 0 Å². The van der Waals surface area contributed by atoms with Crippen LogP contribution in [-0.4, -0.2) is 19.8 Å². The molecule has 104 valence electrons. The molecule has 1 atom stereocenters.